The van der Waals surface area contributed by atoms with Gasteiger partial charge in [-0.1, -0.05) is 47.7 Å². The minimum atomic E-state index is -4.41. The summed E-state index contributed by atoms with van der Waals surface area (Å²) in [5, 5.41) is 7.88. The van der Waals surface area contributed by atoms with E-state index in [1.54, 1.807) is 0 Å². The molecule has 0 fully saturated rings. The standard InChI is InChI=1S/C19H16F3N3O2/c1-27-18(26)15-9-7-14(8-10-15)17-16(11-19(20,21)22)25(24-23-17)12-13-5-3-2-4-6-13/h2-10H,11-12H2,1H3. The van der Waals surface area contributed by atoms with E-state index in [1.165, 1.54) is 36.1 Å². The number of alkyl halides is 3. The summed E-state index contributed by atoms with van der Waals surface area (Å²) in [5.41, 5.74) is 1.67. The summed E-state index contributed by atoms with van der Waals surface area (Å²) in [6, 6.07) is 15.1. The van der Waals surface area contributed by atoms with Crippen molar-refractivity contribution < 1.29 is 22.7 Å². The van der Waals surface area contributed by atoms with Gasteiger partial charge in [0.05, 0.1) is 31.3 Å². The minimum Gasteiger partial charge on any atom is -0.465 e. The van der Waals surface area contributed by atoms with Crippen LogP contribution in [0.1, 0.15) is 21.6 Å². The molecule has 0 spiro atoms. The van der Waals surface area contributed by atoms with Crippen LogP contribution in [0.4, 0.5) is 13.2 Å². The van der Waals surface area contributed by atoms with Crippen molar-refractivity contribution in [1.82, 2.24) is 15.0 Å². The van der Waals surface area contributed by atoms with Crippen LogP contribution < -0.4 is 0 Å². The lowest BCUT2D eigenvalue weighted by molar-refractivity contribution is -0.128. The van der Waals surface area contributed by atoms with Crippen LogP contribution in [0.3, 0.4) is 0 Å². The molecule has 0 unspecified atom stereocenters. The Morgan fingerprint density at radius 3 is 2.33 bits per heavy atom. The average molecular weight is 375 g/mol. The molecule has 1 heterocycles. The molecule has 3 rings (SSSR count). The molecule has 0 aliphatic carbocycles. The van der Waals surface area contributed by atoms with Crippen molar-refractivity contribution in [2.75, 3.05) is 7.11 Å². The normalized spacial score (nSPS) is 11.4. The first kappa shape index (κ1) is 18.6. The monoisotopic (exact) mass is 375 g/mol. The molecular formula is C19H16F3N3O2. The molecule has 1 aromatic heterocycles. The van der Waals surface area contributed by atoms with Gasteiger partial charge in [0.2, 0.25) is 0 Å². The van der Waals surface area contributed by atoms with Crippen LogP contribution in [0.5, 0.6) is 0 Å². The van der Waals surface area contributed by atoms with Crippen LogP contribution in [0.25, 0.3) is 11.3 Å². The number of carbonyl (C=O) groups is 1. The van der Waals surface area contributed by atoms with Crippen LogP contribution in [0.15, 0.2) is 54.6 Å². The van der Waals surface area contributed by atoms with Crippen LogP contribution in [-0.4, -0.2) is 34.2 Å². The number of hydrogen-bond acceptors (Lipinski definition) is 4. The zero-order valence-corrected chi connectivity index (χ0v) is 14.4. The van der Waals surface area contributed by atoms with Gasteiger partial charge in [-0.05, 0) is 17.7 Å². The summed E-state index contributed by atoms with van der Waals surface area (Å²) >= 11 is 0. The van der Waals surface area contributed by atoms with Crippen molar-refractivity contribution in [3.63, 3.8) is 0 Å². The molecule has 2 aromatic carbocycles. The highest BCUT2D eigenvalue weighted by molar-refractivity contribution is 5.89. The quantitative estimate of drug-likeness (QED) is 0.635. The highest BCUT2D eigenvalue weighted by atomic mass is 19.4. The predicted molar refractivity (Wildman–Crippen MR) is 92.1 cm³/mol. The lowest BCUT2D eigenvalue weighted by Gasteiger charge is -2.11. The van der Waals surface area contributed by atoms with Gasteiger partial charge in [-0.2, -0.15) is 13.2 Å². The maximum absolute atomic E-state index is 13.1. The van der Waals surface area contributed by atoms with Gasteiger partial charge in [-0.25, -0.2) is 9.48 Å². The first-order valence-corrected chi connectivity index (χ1v) is 8.09. The number of rotatable bonds is 5. The molecule has 0 amide bonds. The van der Waals surface area contributed by atoms with Gasteiger partial charge in [-0.3, -0.25) is 0 Å². The second-order valence-corrected chi connectivity index (χ2v) is 5.89. The van der Waals surface area contributed by atoms with Crippen molar-refractivity contribution in [2.45, 2.75) is 19.1 Å². The zero-order chi connectivity index (χ0) is 19.4. The molecule has 0 saturated heterocycles. The maximum Gasteiger partial charge on any atom is 0.394 e. The van der Waals surface area contributed by atoms with E-state index in [9.17, 15) is 18.0 Å². The summed E-state index contributed by atoms with van der Waals surface area (Å²) in [7, 11) is 1.26. The summed E-state index contributed by atoms with van der Waals surface area (Å²) in [4.78, 5) is 11.5. The first-order valence-electron chi connectivity index (χ1n) is 8.09. The Labute approximate surface area is 153 Å². The second-order valence-electron chi connectivity index (χ2n) is 5.89. The fourth-order valence-corrected chi connectivity index (χ4v) is 2.69. The first-order chi connectivity index (χ1) is 12.9. The Hall–Kier alpha value is -3.16. The number of benzene rings is 2. The second kappa shape index (κ2) is 7.61. The molecule has 140 valence electrons. The van der Waals surface area contributed by atoms with E-state index in [2.05, 4.69) is 15.0 Å². The number of halogens is 3. The van der Waals surface area contributed by atoms with E-state index in [0.717, 1.165) is 5.56 Å². The van der Waals surface area contributed by atoms with Gasteiger partial charge in [-0.15, -0.1) is 5.10 Å². The summed E-state index contributed by atoms with van der Waals surface area (Å²) in [6.07, 6.45) is -5.56. The number of nitrogens with zero attached hydrogens (tertiary/aromatic N) is 3. The largest absolute Gasteiger partial charge is 0.465 e. The third-order valence-electron chi connectivity index (χ3n) is 3.96. The number of hydrogen-bond donors (Lipinski definition) is 0. The molecule has 0 N–H and O–H groups in total. The van der Waals surface area contributed by atoms with Crippen LogP contribution in [0, 0.1) is 0 Å². The third-order valence-corrected chi connectivity index (χ3v) is 3.96. The molecule has 0 atom stereocenters. The number of carbonyl (C=O) groups excluding carboxylic acids is 1. The lowest BCUT2D eigenvalue weighted by Crippen LogP contribution is -2.17. The Balaban J connectivity index is 1.98. The predicted octanol–water partition coefficient (Wildman–Crippen LogP) is 3.88. The summed E-state index contributed by atoms with van der Waals surface area (Å²) in [6.45, 7) is 0.180. The van der Waals surface area contributed by atoms with Gasteiger partial charge in [0, 0.05) is 5.56 Å². The van der Waals surface area contributed by atoms with Crippen LogP contribution in [-0.2, 0) is 17.7 Å². The molecule has 3 aromatic rings. The minimum absolute atomic E-state index is 0.0304. The van der Waals surface area contributed by atoms with E-state index in [0.29, 0.717) is 11.1 Å². The van der Waals surface area contributed by atoms with Crippen molar-refractivity contribution in [2.24, 2.45) is 0 Å². The van der Waals surface area contributed by atoms with Crippen molar-refractivity contribution in [3.05, 3.63) is 71.4 Å². The summed E-state index contributed by atoms with van der Waals surface area (Å²) in [5.74, 6) is -0.523. The molecule has 0 saturated carbocycles. The SMILES string of the molecule is COC(=O)c1ccc(-c2nnn(Cc3ccccc3)c2CC(F)(F)F)cc1. The van der Waals surface area contributed by atoms with E-state index in [4.69, 9.17) is 0 Å². The molecular weight excluding hydrogens is 359 g/mol. The number of ether oxygens (including phenoxy) is 1. The Morgan fingerprint density at radius 2 is 1.74 bits per heavy atom. The van der Waals surface area contributed by atoms with Crippen molar-refractivity contribution >= 4 is 5.97 Å². The number of aromatic nitrogens is 3. The van der Waals surface area contributed by atoms with Gasteiger partial charge in [0.1, 0.15) is 5.69 Å². The number of esters is 1. The fraction of sp³-hybridized carbons (Fsp3) is 0.211. The van der Waals surface area contributed by atoms with E-state index < -0.39 is 18.6 Å². The highest BCUT2D eigenvalue weighted by Gasteiger charge is 2.32. The van der Waals surface area contributed by atoms with E-state index in [1.807, 2.05) is 30.3 Å². The maximum atomic E-state index is 13.1. The van der Waals surface area contributed by atoms with Gasteiger partial charge in [0.15, 0.2) is 0 Å². The zero-order valence-electron chi connectivity index (χ0n) is 14.4. The molecule has 0 aliphatic heterocycles. The molecule has 0 radical (unpaired) electrons. The highest BCUT2D eigenvalue weighted by Crippen LogP contribution is 2.29. The summed E-state index contributed by atoms with van der Waals surface area (Å²) < 4.78 is 45.2. The third kappa shape index (κ3) is 4.52. The molecule has 27 heavy (non-hydrogen) atoms. The van der Waals surface area contributed by atoms with Gasteiger partial charge < -0.3 is 4.74 Å². The van der Waals surface area contributed by atoms with Crippen molar-refractivity contribution in [3.8, 4) is 11.3 Å². The molecule has 8 heteroatoms. The molecule has 0 aliphatic rings. The number of methoxy groups -OCH3 is 1. The van der Waals surface area contributed by atoms with Gasteiger partial charge >= 0.3 is 12.1 Å². The Morgan fingerprint density at radius 1 is 1.07 bits per heavy atom. The van der Waals surface area contributed by atoms with E-state index in [-0.39, 0.29) is 17.9 Å². The van der Waals surface area contributed by atoms with Crippen LogP contribution in [0.2, 0.25) is 0 Å². The van der Waals surface area contributed by atoms with E-state index >= 15 is 0 Å². The average Bonchev–Trinajstić information content (AvgIpc) is 3.02. The molecule has 0 bridgehead atoms. The van der Waals surface area contributed by atoms with Crippen LogP contribution >= 0.6 is 0 Å². The Bertz CT molecular complexity index is 920. The smallest absolute Gasteiger partial charge is 0.394 e. The fourth-order valence-electron chi connectivity index (χ4n) is 2.69. The molecule has 5 nitrogen and oxygen atoms in total. The Kier molecular flexibility index (Phi) is 5.25. The lowest BCUT2D eigenvalue weighted by atomic mass is 10.1. The van der Waals surface area contributed by atoms with Gasteiger partial charge in [0.25, 0.3) is 0 Å². The topological polar surface area (TPSA) is 57.0 Å². The van der Waals surface area contributed by atoms with Crippen molar-refractivity contribution in [1.29, 1.82) is 0 Å².